The molecular weight excluding hydrogens is 319 g/mol. The van der Waals surface area contributed by atoms with Crippen LogP contribution in [0.3, 0.4) is 0 Å². The van der Waals surface area contributed by atoms with Crippen LogP contribution in [-0.4, -0.2) is 9.97 Å². The summed E-state index contributed by atoms with van der Waals surface area (Å²) >= 11 is 6.29. The number of rotatable bonds is 6. The molecule has 0 aromatic carbocycles. The molecule has 120 valence electrons. The molecule has 0 aliphatic carbocycles. The Labute approximate surface area is 142 Å². The van der Waals surface area contributed by atoms with Gasteiger partial charge >= 0.3 is 0 Å². The summed E-state index contributed by atoms with van der Waals surface area (Å²) in [6.45, 7) is 4.10. The smallest absolute Gasteiger partial charge is 0.149 e. The largest absolute Gasteiger partial charge is 0.338 e. The van der Waals surface area contributed by atoms with Crippen molar-refractivity contribution in [2.75, 3.05) is 5.32 Å². The van der Waals surface area contributed by atoms with E-state index in [0.717, 1.165) is 36.2 Å². The Morgan fingerprint density at radius 1 is 1.27 bits per heavy atom. The third-order valence-corrected chi connectivity index (χ3v) is 3.62. The van der Waals surface area contributed by atoms with E-state index in [1.807, 2.05) is 25.1 Å². The fourth-order valence-corrected chi connectivity index (χ4v) is 2.24. The Kier molecular flexibility index (Phi) is 7.59. The van der Waals surface area contributed by atoms with Crippen molar-refractivity contribution < 1.29 is 0 Å². The van der Waals surface area contributed by atoms with E-state index in [2.05, 4.69) is 22.2 Å². The molecule has 3 N–H and O–H groups in total. The SMILES string of the molecule is CCCC[C@@H](N)c1cnc(Nc2ccc(C)nc2)c(Cl)c1.Cl. The highest BCUT2D eigenvalue weighted by molar-refractivity contribution is 6.33. The topological polar surface area (TPSA) is 63.8 Å². The molecular formula is C16H22Cl2N4. The van der Waals surface area contributed by atoms with E-state index >= 15 is 0 Å². The molecule has 2 aromatic rings. The molecule has 0 saturated carbocycles. The standard InChI is InChI=1S/C16H21ClN4.ClH/c1-3-4-5-15(18)12-8-14(17)16(20-9-12)21-13-7-6-11(2)19-10-13;/h6-10,15H,3-5,18H2,1-2H3,(H,20,21);1H/t15-;/m1./s1. The monoisotopic (exact) mass is 340 g/mol. The van der Waals surface area contributed by atoms with Gasteiger partial charge in [-0.15, -0.1) is 12.4 Å². The van der Waals surface area contributed by atoms with Crippen LogP contribution in [0.2, 0.25) is 5.02 Å². The van der Waals surface area contributed by atoms with Gasteiger partial charge in [0, 0.05) is 17.9 Å². The Hall–Kier alpha value is -1.36. The molecule has 0 aliphatic rings. The van der Waals surface area contributed by atoms with Gasteiger partial charge in [0.15, 0.2) is 0 Å². The van der Waals surface area contributed by atoms with Crippen LogP contribution in [0.1, 0.15) is 43.5 Å². The molecule has 0 radical (unpaired) electrons. The van der Waals surface area contributed by atoms with Crippen molar-refractivity contribution in [1.82, 2.24) is 9.97 Å². The maximum Gasteiger partial charge on any atom is 0.149 e. The molecule has 1 atom stereocenters. The van der Waals surface area contributed by atoms with Gasteiger partial charge in [0.05, 0.1) is 16.9 Å². The Bertz CT molecular complexity index is 587. The molecule has 4 nitrogen and oxygen atoms in total. The molecule has 2 heterocycles. The number of aryl methyl sites for hydroxylation is 1. The molecule has 0 spiro atoms. The highest BCUT2D eigenvalue weighted by atomic mass is 35.5. The number of pyridine rings is 2. The van der Waals surface area contributed by atoms with Gasteiger partial charge in [0.1, 0.15) is 5.82 Å². The van der Waals surface area contributed by atoms with Crippen LogP contribution >= 0.6 is 24.0 Å². The second kappa shape index (κ2) is 8.93. The predicted octanol–water partition coefficient (Wildman–Crippen LogP) is 4.79. The number of nitrogens with one attached hydrogen (secondary N) is 1. The number of hydrogen-bond acceptors (Lipinski definition) is 4. The summed E-state index contributed by atoms with van der Waals surface area (Å²) in [4.78, 5) is 8.61. The molecule has 6 heteroatoms. The van der Waals surface area contributed by atoms with Gasteiger partial charge in [-0.3, -0.25) is 4.98 Å². The van der Waals surface area contributed by atoms with E-state index < -0.39 is 0 Å². The van der Waals surface area contributed by atoms with Gasteiger partial charge in [-0.2, -0.15) is 0 Å². The minimum atomic E-state index is -0.00922. The van der Waals surface area contributed by atoms with Crippen molar-refractivity contribution in [2.24, 2.45) is 5.73 Å². The first kappa shape index (κ1) is 18.7. The molecule has 0 fully saturated rings. The van der Waals surface area contributed by atoms with E-state index in [1.54, 1.807) is 12.4 Å². The molecule has 2 rings (SSSR count). The van der Waals surface area contributed by atoms with E-state index in [0.29, 0.717) is 10.8 Å². The first-order valence-electron chi connectivity index (χ1n) is 7.21. The maximum absolute atomic E-state index is 6.29. The molecule has 22 heavy (non-hydrogen) atoms. The zero-order chi connectivity index (χ0) is 15.2. The highest BCUT2D eigenvalue weighted by Gasteiger charge is 2.10. The minimum absolute atomic E-state index is 0. The summed E-state index contributed by atoms with van der Waals surface area (Å²) in [5.41, 5.74) is 8.94. The number of hydrogen-bond donors (Lipinski definition) is 2. The average Bonchev–Trinajstić information content (AvgIpc) is 2.49. The quantitative estimate of drug-likeness (QED) is 0.793. The van der Waals surface area contributed by atoms with E-state index in [9.17, 15) is 0 Å². The van der Waals surface area contributed by atoms with Gasteiger partial charge in [0.25, 0.3) is 0 Å². The lowest BCUT2D eigenvalue weighted by atomic mass is 10.0. The first-order valence-corrected chi connectivity index (χ1v) is 7.58. The zero-order valence-corrected chi connectivity index (χ0v) is 14.4. The molecule has 0 amide bonds. The molecule has 0 saturated heterocycles. The van der Waals surface area contributed by atoms with Gasteiger partial charge in [-0.25, -0.2) is 4.98 Å². The summed E-state index contributed by atoms with van der Waals surface area (Å²) < 4.78 is 0. The number of unbranched alkanes of at least 4 members (excludes halogenated alkanes) is 1. The van der Waals surface area contributed by atoms with Crippen LogP contribution in [0.15, 0.2) is 30.6 Å². The number of nitrogens with zero attached hydrogens (tertiary/aromatic N) is 2. The average molecular weight is 341 g/mol. The fraction of sp³-hybridized carbons (Fsp3) is 0.375. The van der Waals surface area contributed by atoms with Crippen LogP contribution in [0.25, 0.3) is 0 Å². The number of halogens is 2. The van der Waals surface area contributed by atoms with Crippen molar-refractivity contribution in [3.63, 3.8) is 0 Å². The molecule has 2 aromatic heterocycles. The second-order valence-corrected chi connectivity index (χ2v) is 5.57. The van der Waals surface area contributed by atoms with Gasteiger partial charge in [-0.1, -0.05) is 31.4 Å². The lowest BCUT2D eigenvalue weighted by Crippen LogP contribution is -2.10. The molecule has 0 unspecified atom stereocenters. The maximum atomic E-state index is 6.29. The van der Waals surface area contributed by atoms with Crippen molar-refractivity contribution in [3.8, 4) is 0 Å². The van der Waals surface area contributed by atoms with Gasteiger partial charge < -0.3 is 11.1 Å². The van der Waals surface area contributed by atoms with Crippen molar-refractivity contribution in [2.45, 2.75) is 39.2 Å². The summed E-state index contributed by atoms with van der Waals surface area (Å²) in [6.07, 6.45) is 6.73. The Morgan fingerprint density at radius 3 is 2.64 bits per heavy atom. The Morgan fingerprint density at radius 2 is 2.05 bits per heavy atom. The minimum Gasteiger partial charge on any atom is -0.338 e. The summed E-state index contributed by atoms with van der Waals surface area (Å²) in [6, 6.07) is 5.76. The van der Waals surface area contributed by atoms with E-state index in [-0.39, 0.29) is 18.4 Å². The van der Waals surface area contributed by atoms with Crippen LogP contribution in [0.4, 0.5) is 11.5 Å². The summed E-state index contributed by atoms with van der Waals surface area (Å²) in [7, 11) is 0. The fourth-order valence-electron chi connectivity index (χ4n) is 2.02. The normalized spacial score (nSPS) is 11.6. The summed E-state index contributed by atoms with van der Waals surface area (Å²) in [5.74, 6) is 0.619. The lowest BCUT2D eigenvalue weighted by Gasteiger charge is -2.13. The first-order chi connectivity index (χ1) is 10.1. The van der Waals surface area contributed by atoms with Gasteiger partial charge in [0.2, 0.25) is 0 Å². The van der Waals surface area contributed by atoms with Crippen molar-refractivity contribution in [3.05, 3.63) is 46.9 Å². The number of nitrogens with two attached hydrogens (primary N) is 1. The second-order valence-electron chi connectivity index (χ2n) is 5.16. The number of aromatic nitrogens is 2. The van der Waals surface area contributed by atoms with Gasteiger partial charge in [-0.05, 0) is 37.1 Å². The van der Waals surface area contributed by atoms with Crippen LogP contribution in [0.5, 0.6) is 0 Å². The van der Waals surface area contributed by atoms with Crippen LogP contribution < -0.4 is 11.1 Å². The highest BCUT2D eigenvalue weighted by Crippen LogP contribution is 2.26. The van der Waals surface area contributed by atoms with Crippen molar-refractivity contribution >= 4 is 35.5 Å². The van der Waals surface area contributed by atoms with Crippen LogP contribution in [-0.2, 0) is 0 Å². The predicted molar refractivity (Wildman–Crippen MR) is 95.2 cm³/mol. The molecule has 0 bridgehead atoms. The van der Waals surface area contributed by atoms with E-state index in [4.69, 9.17) is 17.3 Å². The number of anilines is 2. The lowest BCUT2D eigenvalue weighted by molar-refractivity contribution is 0.602. The third kappa shape index (κ3) is 5.13. The summed E-state index contributed by atoms with van der Waals surface area (Å²) in [5, 5.41) is 3.73. The van der Waals surface area contributed by atoms with E-state index in [1.165, 1.54) is 0 Å². The zero-order valence-electron chi connectivity index (χ0n) is 12.8. The van der Waals surface area contributed by atoms with Crippen molar-refractivity contribution in [1.29, 1.82) is 0 Å². The molecule has 0 aliphatic heterocycles. The third-order valence-electron chi connectivity index (χ3n) is 3.33. The Balaban J connectivity index is 0.00000242. The van der Waals surface area contributed by atoms with Crippen LogP contribution in [0, 0.1) is 6.92 Å².